The van der Waals surface area contributed by atoms with Crippen molar-refractivity contribution in [1.29, 1.82) is 0 Å². The minimum atomic E-state index is -0.480. The predicted molar refractivity (Wildman–Crippen MR) is 117 cm³/mol. The van der Waals surface area contributed by atoms with Crippen LogP contribution in [0.3, 0.4) is 0 Å². The van der Waals surface area contributed by atoms with Gasteiger partial charge in [-0.05, 0) is 60.7 Å². The van der Waals surface area contributed by atoms with Crippen molar-refractivity contribution < 1.29 is 9.21 Å². The number of amides is 1. The highest BCUT2D eigenvalue weighted by Gasteiger charge is 2.24. The molecule has 0 spiro atoms. The third-order valence-corrected chi connectivity index (χ3v) is 5.36. The smallest absolute Gasteiger partial charge is 0.322 e. The van der Waals surface area contributed by atoms with Gasteiger partial charge in [-0.25, -0.2) is 0 Å². The minimum Gasteiger partial charge on any atom is -0.403 e. The lowest BCUT2D eigenvalue weighted by molar-refractivity contribution is -0.116. The summed E-state index contributed by atoms with van der Waals surface area (Å²) < 4.78 is 5.76. The summed E-state index contributed by atoms with van der Waals surface area (Å²) in [6.07, 6.45) is 0. The Kier molecular flexibility index (Phi) is 5.44. The van der Waals surface area contributed by atoms with Gasteiger partial charge in [0.2, 0.25) is 11.8 Å². The predicted octanol–water partition coefficient (Wildman–Crippen LogP) is 5.43. The van der Waals surface area contributed by atoms with Crippen molar-refractivity contribution in [3.8, 4) is 11.5 Å². The van der Waals surface area contributed by atoms with E-state index in [9.17, 15) is 4.79 Å². The Bertz CT molecular complexity index is 1100. The number of benzene rings is 3. The lowest BCUT2D eigenvalue weighted by Crippen LogP contribution is -2.22. The maximum absolute atomic E-state index is 13.2. The van der Waals surface area contributed by atoms with E-state index in [0.29, 0.717) is 5.89 Å². The summed E-state index contributed by atoms with van der Waals surface area (Å²) in [6, 6.07) is 23.4. The highest BCUT2D eigenvalue weighted by Crippen LogP contribution is 2.28. The third kappa shape index (κ3) is 4.01. The van der Waals surface area contributed by atoms with Gasteiger partial charge in [-0.15, -0.1) is 5.10 Å². The second-order valence-electron chi connectivity index (χ2n) is 7.39. The van der Waals surface area contributed by atoms with Gasteiger partial charge in [0.05, 0.1) is 5.92 Å². The second-order valence-corrected chi connectivity index (χ2v) is 7.39. The first-order valence-corrected chi connectivity index (χ1v) is 9.85. The Morgan fingerprint density at radius 3 is 1.90 bits per heavy atom. The van der Waals surface area contributed by atoms with Crippen LogP contribution in [-0.2, 0) is 4.79 Å². The Morgan fingerprint density at radius 1 is 0.833 bits per heavy atom. The van der Waals surface area contributed by atoms with Gasteiger partial charge in [0.1, 0.15) is 0 Å². The maximum Gasteiger partial charge on any atom is 0.322 e. The number of hydrogen-bond donors (Lipinski definition) is 1. The van der Waals surface area contributed by atoms with Crippen molar-refractivity contribution in [1.82, 2.24) is 10.2 Å². The molecule has 0 saturated carbocycles. The van der Waals surface area contributed by atoms with Crippen molar-refractivity contribution in [2.24, 2.45) is 0 Å². The molecule has 0 radical (unpaired) electrons. The number of carbonyl (C=O) groups excluding carboxylic acids is 1. The number of aryl methyl sites for hydroxylation is 2. The van der Waals surface area contributed by atoms with Crippen LogP contribution < -0.4 is 5.32 Å². The fourth-order valence-electron chi connectivity index (χ4n) is 3.51. The second kappa shape index (κ2) is 8.33. The molecule has 0 aliphatic heterocycles. The van der Waals surface area contributed by atoms with Crippen molar-refractivity contribution >= 4 is 11.9 Å². The molecule has 5 heteroatoms. The summed E-state index contributed by atoms with van der Waals surface area (Å²) in [6.45, 7) is 6.19. The summed E-state index contributed by atoms with van der Waals surface area (Å²) in [5.74, 6) is -0.321. The molecule has 0 unspecified atom stereocenters. The highest BCUT2D eigenvalue weighted by atomic mass is 16.4. The van der Waals surface area contributed by atoms with E-state index in [1.807, 2.05) is 72.8 Å². The van der Waals surface area contributed by atoms with Gasteiger partial charge in [-0.1, -0.05) is 65.8 Å². The van der Waals surface area contributed by atoms with Gasteiger partial charge >= 0.3 is 6.01 Å². The molecule has 1 aromatic heterocycles. The molecular weight excluding hydrogens is 374 g/mol. The van der Waals surface area contributed by atoms with Crippen LogP contribution in [0.5, 0.6) is 0 Å². The zero-order valence-electron chi connectivity index (χ0n) is 17.2. The molecule has 0 bridgehead atoms. The molecule has 5 nitrogen and oxygen atoms in total. The molecule has 3 aromatic carbocycles. The van der Waals surface area contributed by atoms with Crippen LogP contribution in [0.1, 0.15) is 33.7 Å². The monoisotopic (exact) mass is 397 g/mol. The molecule has 0 fully saturated rings. The summed E-state index contributed by atoms with van der Waals surface area (Å²) >= 11 is 0. The molecule has 1 amide bonds. The molecule has 4 aromatic rings. The van der Waals surface area contributed by atoms with E-state index in [4.69, 9.17) is 4.42 Å². The van der Waals surface area contributed by atoms with Gasteiger partial charge in [-0.3, -0.25) is 10.1 Å². The van der Waals surface area contributed by atoms with Crippen LogP contribution in [0.15, 0.2) is 77.2 Å². The summed E-state index contributed by atoms with van der Waals surface area (Å²) in [7, 11) is 0. The number of nitrogens with zero attached hydrogens (tertiary/aromatic N) is 2. The summed E-state index contributed by atoms with van der Waals surface area (Å²) in [5, 5.41) is 11.0. The first-order chi connectivity index (χ1) is 14.5. The quantitative estimate of drug-likeness (QED) is 0.487. The SMILES string of the molecule is Cc1cc(-c2nnc(NC(=O)C(c3ccccc3)c3ccccc3)o2)cc(C)c1C. The number of anilines is 1. The molecule has 150 valence electrons. The number of hydrogen-bond acceptors (Lipinski definition) is 4. The van der Waals surface area contributed by atoms with Gasteiger partial charge in [0.25, 0.3) is 0 Å². The Hall–Kier alpha value is -3.73. The first kappa shape index (κ1) is 19.6. The molecule has 1 heterocycles. The lowest BCUT2D eigenvalue weighted by atomic mass is 9.90. The number of carbonyl (C=O) groups is 1. The Morgan fingerprint density at radius 2 is 1.37 bits per heavy atom. The standard InChI is InChI=1S/C25H23N3O2/c1-16-14-21(15-17(2)18(16)3)24-27-28-25(30-24)26-23(29)22(19-10-6-4-7-11-19)20-12-8-5-9-13-20/h4-15,22H,1-3H3,(H,26,28,29). The fourth-order valence-corrected chi connectivity index (χ4v) is 3.51. The van der Waals surface area contributed by atoms with Crippen LogP contribution in [0.25, 0.3) is 11.5 Å². The van der Waals surface area contributed by atoms with E-state index in [1.165, 1.54) is 5.56 Å². The first-order valence-electron chi connectivity index (χ1n) is 9.85. The molecule has 1 N–H and O–H groups in total. The van der Waals surface area contributed by atoms with E-state index in [2.05, 4.69) is 36.3 Å². The third-order valence-electron chi connectivity index (χ3n) is 5.36. The Balaban J connectivity index is 1.61. The van der Waals surface area contributed by atoms with Gasteiger partial charge in [0, 0.05) is 5.56 Å². The maximum atomic E-state index is 13.2. The van der Waals surface area contributed by atoms with Crippen molar-refractivity contribution in [2.45, 2.75) is 26.7 Å². The molecule has 0 aliphatic rings. The van der Waals surface area contributed by atoms with Crippen LogP contribution >= 0.6 is 0 Å². The number of nitrogens with one attached hydrogen (secondary N) is 1. The average molecular weight is 397 g/mol. The normalized spacial score (nSPS) is 10.9. The molecule has 0 aliphatic carbocycles. The van der Waals surface area contributed by atoms with Gasteiger partial charge in [0.15, 0.2) is 0 Å². The van der Waals surface area contributed by atoms with E-state index < -0.39 is 5.92 Å². The van der Waals surface area contributed by atoms with Gasteiger partial charge in [-0.2, -0.15) is 0 Å². The van der Waals surface area contributed by atoms with Crippen LogP contribution in [0.2, 0.25) is 0 Å². The number of rotatable bonds is 5. The zero-order valence-corrected chi connectivity index (χ0v) is 17.2. The lowest BCUT2D eigenvalue weighted by Gasteiger charge is -2.16. The van der Waals surface area contributed by atoms with E-state index >= 15 is 0 Å². The summed E-state index contributed by atoms with van der Waals surface area (Å²) in [4.78, 5) is 13.2. The topological polar surface area (TPSA) is 68.0 Å². The number of aromatic nitrogens is 2. The van der Waals surface area contributed by atoms with E-state index in [0.717, 1.165) is 27.8 Å². The minimum absolute atomic E-state index is 0.0859. The van der Waals surface area contributed by atoms with E-state index in [1.54, 1.807) is 0 Å². The van der Waals surface area contributed by atoms with Crippen LogP contribution in [-0.4, -0.2) is 16.1 Å². The summed E-state index contributed by atoms with van der Waals surface area (Å²) in [5.41, 5.74) is 6.17. The zero-order chi connectivity index (χ0) is 21.1. The molecule has 0 saturated heterocycles. The largest absolute Gasteiger partial charge is 0.403 e. The molecule has 0 atom stereocenters. The van der Waals surface area contributed by atoms with Crippen molar-refractivity contribution in [3.63, 3.8) is 0 Å². The van der Waals surface area contributed by atoms with Crippen LogP contribution in [0.4, 0.5) is 6.01 Å². The average Bonchev–Trinajstić information content (AvgIpc) is 3.22. The van der Waals surface area contributed by atoms with Crippen LogP contribution in [0, 0.1) is 20.8 Å². The van der Waals surface area contributed by atoms with Crippen molar-refractivity contribution in [3.05, 3.63) is 101 Å². The molecule has 4 rings (SSSR count). The Labute approximate surface area is 175 Å². The van der Waals surface area contributed by atoms with Crippen molar-refractivity contribution in [2.75, 3.05) is 5.32 Å². The molecule has 30 heavy (non-hydrogen) atoms. The van der Waals surface area contributed by atoms with Gasteiger partial charge < -0.3 is 4.42 Å². The highest BCUT2D eigenvalue weighted by molar-refractivity contribution is 5.96. The fraction of sp³-hybridized carbons (Fsp3) is 0.160. The molecular formula is C25H23N3O2. The van der Waals surface area contributed by atoms with E-state index in [-0.39, 0.29) is 11.9 Å².